The van der Waals surface area contributed by atoms with Gasteiger partial charge in [0, 0.05) is 18.3 Å². The van der Waals surface area contributed by atoms with Gasteiger partial charge < -0.3 is 9.84 Å². The van der Waals surface area contributed by atoms with Crippen LogP contribution in [0.4, 0.5) is 0 Å². The Morgan fingerprint density at radius 3 is 2.67 bits per heavy atom. The van der Waals surface area contributed by atoms with Crippen molar-refractivity contribution < 1.29 is 17.7 Å². The quantitative estimate of drug-likeness (QED) is 0.747. The van der Waals surface area contributed by atoms with Crippen molar-refractivity contribution in [1.82, 2.24) is 19.7 Å². The van der Waals surface area contributed by atoms with E-state index in [1.165, 1.54) is 36.9 Å². The summed E-state index contributed by atoms with van der Waals surface area (Å²) in [5, 5.41) is 9.99. The third-order valence-corrected chi connectivity index (χ3v) is 4.86. The molecule has 1 amide bonds. The molecule has 9 heteroatoms. The van der Waals surface area contributed by atoms with Crippen molar-refractivity contribution in [3.05, 3.63) is 65.8 Å². The zero-order valence-electron chi connectivity index (χ0n) is 12.7. The van der Waals surface area contributed by atoms with E-state index >= 15 is 0 Å². The molecular weight excluding hydrogens is 332 g/mol. The van der Waals surface area contributed by atoms with E-state index in [0.29, 0.717) is 5.56 Å². The van der Waals surface area contributed by atoms with Crippen molar-refractivity contribution in [1.29, 1.82) is 0 Å². The summed E-state index contributed by atoms with van der Waals surface area (Å²) in [4.78, 5) is 12.1. The number of rotatable bonds is 5. The Morgan fingerprint density at radius 2 is 2.00 bits per heavy atom. The molecule has 24 heavy (non-hydrogen) atoms. The van der Waals surface area contributed by atoms with Gasteiger partial charge in [0.25, 0.3) is 15.9 Å². The highest BCUT2D eigenvalue weighted by Gasteiger charge is 2.20. The molecule has 1 N–H and O–H groups in total. The van der Waals surface area contributed by atoms with E-state index in [9.17, 15) is 13.2 Å². The molecule has 0 bridgehead atoms. The SMILES string of the molecule is Cc1ccc(S(=O)(=O)n2ccc(C(=O)NCc3cnoc3)n2)cc1. The summed E-state index contributed by atoms with van der Waals surface area (Å²) in [7, 11) is -3.83. The van der Waals surface area contributed by atoms with Crippen LogP contribution in [0.1, 0.15) is 21.6 Å². The molecule has 0 fully saturated rings. The fraction of sp³-hybridized carbons (Fsp3) is 0.133. The van der Waals surface area contributed by atoms with Gasteiger partial charge in [-0.15, -0.1) is 0 Å². The van der Waals surface area contributed by atoms with Gasteiger partial charge in [-0.1, -0.05) is 22.9 Å². The number of aromatic nitrogens is 3. The van der Waals surface area contributed by atoms with Gasteiger partial charge >= 0.3 is 0 Å². The normalized spacial score (nSPS) is 11.4. The molecule has 2 heterocycles. The largest absolute Gasteiger partial charge is 0.364 e. The van der Waals surface area contributed by atoms with Crippen molar-refractivity contribution in [3.8, 4) is 0 Å². The van der Waals surface area contributed by atoms with Gasteiger partial charge in [0.15, 0.2) is 5.69 Å². The number of hydrogen-bond donors (Lipinski definition) is 1. The molecule has 1 aromatic carbocycles. The van der Waals surface area contributed by atoms with Crippen LogP contribution in [0.15, 0.2) is 58.4 Å². The Bertz CT molecular complexity index is 944. The maximum absolute atomic E-state index is 12.5. The van der Waals surface area contributed by atoms with Crippen molar-refractivity contribution in [3.63, 3.8) is 0 Å². The van der Waals surface area contributed by atoms with Gasteiger partial charge in [0.2, 0.25) is 0 Å². The topological polar surface area (TPSA) is 107 Å². The highest BCUT2D eigenvalue weighted by molar-refractivity contribution is 7.89. The first-order chi connectivity index (χ1) is 11.5. The van der Waals surface area contributed by atoms with Crippen molar-refractivity contribution in [2.45, 2.75) is 18.4 Å². The van der Waals surface area contributed by atoms with Crippen molar-refractivity contribution in [2.75, 3.05) is 0 Å². The zero-order valence-corrected chi connectivity index (χ0v) is 13.5. The average Bonchev–Trinajstić information content (AvgIpc) is 3.25. The summed E-state index contributed by atoms with van der Waals surface area (Å²) < 4.78 is 30.4. The van der Waals surface area contributed by atoms with Gasteiger partial charge in [-0.05, 0) is 25.1 Å². The van der Waals surface area contributed by atoms with Crippen LogP contribution < -0.4 is 5.32 Å². The average molecular weight is 346 g/mol. The molecule has 0 aliphatic rings. The number of nitrogens with zero attached hydrogens (tertiary/aromatic N) is 3. The molecular formula is C15H14N4O4S. The van der Waals surface area contributed by atoms with Crippen LogP contribution in [0.2, 0.25) is 0 Å². The second kappa shape index (κ2) is 6.28. The summed E-state index contributed by atoms with van der Waals surface area (Å²) >= 11 is 0. The fourth-order valence-corrected chi connectivity index (χ4v) is 3.08. The van der Waals surface area contributed by atoms with Gasteiger partial charge in [-0.25, -0.2) is 0 Å². The number of carbonyl (C=O) groups is 1. The lowest BCUT2D eigenvalue weighted by atomic mass is 10.2. The Kier molecular flexibility index (Phi) is 4.17. The van der Waals surface area contributed by atoms with Crippen LogP contribution in [-0.2, 0) is 16.6 Å². The van der Waals surface area contributed by atoms with Crippen LogP contribution in [0, 0.1) is 6.92 Å². The van der Waals surface area contributed by atoms with E-state index in [1.54, 1.807) is 12.1 Å². The van der Waals surface area contributed by atoms with E-state index in [2.05, 4.69) is 20.1 Å². The first-order valence-corrected chi connectivity index (χ1v) is 8.45. The Hall–Kier alpha value is -2.94. The van der Waals surface area contributed by atoms with Crippen LogP contribution in [0.25, 0.3) is 0 Å². The third-order valence-electron chi connectivity index (χ3n) is 3.30. The molecule has 0 saturated carbocycles. The highest BCUT2D eigenvalue weighted by atomic mass is 32.2. The van der Waals surface area contributed by atoms with Gasteiger partial charge in [0.1, 0.15) is 6.26 Å². The smallest absolute Gasteiger partial charge is 0.282 e. The van der Waals surface area contributed by atoms with E-state index in [0.717, 1.165) is 9.65 Å². The third kappa shape index (κ3) is 3.20. The van der Waals surface area contributed by atoms with Crippen molar-refractivity contribution in [2.24, 2.45) is 0 Å². The van der Waals surface area contributed by atoms with Gasteiger partial charge in [-0.3, -0.25) is 4.79 Å². The minimum Gasteiger partial charge on any atom is -0.364 e. The number of benzene rings is 1. The number of aryl methyl sites for hydroxylation is 1. The van der Waals surface area contributed by atoms with E-state index in [4.69, 9.17) is 0 Å². The molecule has 0 unspecified atom stereocenters. The Balaban J connectivity index is 1.77. The molecule has 0 radical (unpaired) electrons. The standard InChI is InChI=1S/C15H14N4O4S/c1-11-2-4-13(5-3-11)24(21,22)19-7-6-14(18-19)15(20)16-8-12-9-17-23-10-12/h2-7,9-10H,8H2,1H3,(H,16,20). The first-order valence-electron chi connectivity index (χ1n) is 7.01. The van der Waals surface area contributed by atoms with Gasteiger partial charge in [0.05, 0.1) is 11.1 Å². The molecule has 3 rings (SSSR count). The summed E-state index contributed by atoms with van der Waals surface area (Å²) in [6.07, 6.45) is 4.12. The molecule has 0 aliphatic heterocycles. The predicted octanol–water partition coefficient (Wildman–Crippen LogP) is 1.35. The van der Waals surface area contributed by atoms with Crippen molar-refractivity contribution >= 4 is 15.9 Å². The monoisotopic (exact) mass is 346 g/mol. The molecule has 0 spiro atoms. The summed E-state index contributed by atoms with van der Waals surface area (Å²) in [6.45, 7) is 2.07. The lowest BCUT2D eigenvalue weighted by molar-refractivity contribution is 0.0945. The minimum absolute atomic E-state index is 0.00198. The van der Waals surface area contributed by atoms with Crippen LogP contribution in [0.3, 0.4) is 0 Å². The number of amides is 1. The molecule has 2 aromatic heterocycles. The Labute approximate surface area is 138 Å². The maximum Gasteiger partial charge on any atom is 0.282 e. The molecule has 3 aromatic rings. The predicted molar refractivity (Wildman–Crippen MR) is 83.7 cm³/mol. The molecule has 8 nitrogen and oxygen atoms in total. The molecule has 0 saturated heterocycles. The van der Waals surface area contributed by atoms with E-state index < -0.39 is 15.9 Å². The fourth-order valence-electron chi connectivity index (χ4n) is 1.97. The maximum atomic E-state index is 12.5. The van der Waals surface area contributed by atoms with Crippen LogP contribution in [-0.4, -0.2) is 28.7 Å². The first kappa shape index (κ1) is 15.9. The van der Waals surface area contributed by atoms with Crippen LogP contribution >= 0.6 is 0 Å². The second-order valence-corrected chi connectivity index (χ2v) is 6.90. The Morgan fingerprint density at radius 1 is 1.25 bits per heavy atom. The van der Waals surface area contributed by atoms with E-state index in [1.807, 2.05) is 6.92 Å². The molecule has 124 valence electrons. The summed E-state index contributed by atoms with van der Waals surface area (Å²) in [5.41, 5.74) is 1.64. The molecule has 0 atom stereocenters. The number of carbonyl (C=O) groups excluding carboxylic acids is 1. The van der Waals surface area contributed by atoms with E-state index in [-0.39, 0.29) is 17.1 Å². The summed E-state index contributed by atoms with van der Waals surface area (Å²) in [6, 6.07) is 7.73. The highest BCUT2D eigenvalue weighted by Crippen LogP contribution is 2.14. The zero-order chi connectivity index (χ0) is 17.2. The number of nitrogens with one attached hydrogen (secondary N) is 1. The second-order valence-electron chi connectivity index (χ2n) is 5.11. The van der Waals surface area contributed by atoms with Crippen LogP contribution in [0.5, 0.6) is 0 Å². The minimum atomic E-state index is -3.83. The van der Waals surface area contributed by atoms with Gasteiger partial charge in [-0.2, -0.15) is 17.6 Å². The lowest BCUT2D eigenvalue weighted by Crippen LogP contribution is -2.24. The lowest BCUT2D eigenvalue weighted by Gasteiger charge is -2.04. The summed E-state index contributed by atoms with van der Waals surface area (Å²) in [5.74, 6) is -0.492. The number of hydrogen-bond acceptors (Lipinski definition) is 6. The molecule has 0 aliphatic carbocycles.